The van der Waals surface area contributed by atoms with Crippen molar-refractivity contribution in [2.75, 3.05) is 0 Å². The zero-order valence-electron chi connectivity index (χ0n) is 57.1. The molecule has 0 aliphatic heterocycles. The number of hydrogen-bond acceptors (Lipinski definition) is 3. The molecule has 90 heavy (non-hydrogen) atoms. The number of pyridine rings is 6. The van der Waals surface area contributed by atoms with Crippen LogP contribution < -0.4 is 13.7 Å². The Morgan fingerprint density at radius 3 is 1.01 bits per heavy atom. The summed E-state index contributed by atoms with van der Waals surface area (Å²) in [4.78, 5) is 14.2. The van der Waals surface area contributed by atoms with E-state index in [1.54, 1.807) is 0 Å². The zero-order valence-corrected chi connectivity index (χ0v) is 57.1. The first-order chi connectivity index (χ1) is 42.7. The minimum atomic E-state index is 0.271. The van der Waals surface area contributed by atoms with Crippen LogP contribution in [0, 0.1) is 73.6 Å². The molecule has 0 N–H and O–H groups in total. The van der Waals surface area contributed by atoms with Crippen LogP contribution in [0.15, 0.2) is 183 Å². The molecule has 6 heteroatoms. The molecule has 0 unspecified atom stereocenters. The van der Waals surface area contributed by atoms with Gasteiger partial charge < -0.3 is 0 Å². The largest absolute Gasteiger partial charge is 0.256 e. The van der Waals surface area contributed by atoms with Gasteiger partial charge >= 0.3 is 0 Å². The standard InChI is InChI=1S/C29H33N2.C28H31N2.C27H29N2/c1-19-12-20(2)21(3)26(13-19)28-15-23-9-10-24(14-25(23)18-31(28)7)27-11-8-22(17-30-27)16-29(4,5)6;1-18(2)11-22-7-10-27(29-16-22)24-9-8-23-15-28(30(6)17-25(23)14-24)26-13-19(3)12-20(4)21(26)5;1-17(2)23-9-10-26(28-15-23)22-8-7-21-14-27(29(6)16-24(21)13-22)25-12-18(3)11-19(4)20(25)5/h8-15,17-18H,16H2,1-7H3;7-10,12-18H,11H2,1-6H3;7-17H,1-6H3/q3*+1. The Hall–Kier alpha value is -9.00. The van der Waals surface area contributed by atoms with Crippen LogP contribution in [0.4, 0.5) is 0 Å². The summed E-state index contributed by atoms with van der Waals surface area (Å²) in [7, 11) is 6.41. The summed E-state index contributed by atoms with van der Waals surface area (Å²) in [6, 6.07) is 53.5. The van der Waals surface area contributed by atoms with E-state index in [4.69, 9.17) is 9.97 Å². The number of nitrogens with zero attached hydrogens (tertiary/aromatic N) is 6. The van der Waals surface area contributed by atoms with Crippen molar-refractivity contribution in [3.8, 4) is 67.5 Å². The molecule has 0 amide bonds. The van der Waals surface area contributed by atoms with Crippen LogP contribution in [0.1, 0.15) is 121 Å². The van der Waals surface area contributed by atoms with Gasteiger partial charge in [0, 0.05) is 86.3 Å². The minimum absolute atomic E-state index is 0.271. The molecule has 0 saturated heterocycles. The molecule has 6 aromatic heterocycles. The average Bonchev–Trinajstić information content (AvgIpc) is 0.816. The number of aryl methyl sites for hydroxylation is 9. The Balaban J connectivity index is 0.000000149. The first kappa shape index (κ1) is 64.0. The van der Waals surface area contributed by atoms with Gasteiger partial charge in [-0.15, -0.1) is 0 Å². The number of rotatable bonds is 10. The maximum Gasteiger partial charge on any atom is 0.213 e. The normalized spacial score (nSPS) is 11.6. The van der Waals surface area contributed by atoms with Crippen molar-refractivity contribution in [2.24, 2.45) is 32.5 Å². The van der Waals surface area contributed by atoms with Gasteiger partial charge in [-0.25, -0.2) is 13.7 Å². The third-order valence-corrected chi connectivity index (χ3v) is 17.9. The predicted octanol–water partition coefficient (Wildman–Crippen LogP) is 19.9. The fourth-order valence-corrected chi connectivity index (χ4v) is 12.7. The van der Waals surface area contributed by atoms with Gasteiger partial charge in [-0.2, -0.15) is 0 Å². The van der Waals surface area contributed by atoms with Crippen molar-refractivity contribution in [1.82, 2.24) is 15.0 Å². The molecule has 0 radical (unpaired) electrons. The highest BCUT2D eigenvalue weighted by Gasteiger charge is 2.21. The van der Waals surface area contributed by atoms with Crippen LogP contribution in [0.5, 0.6) is 0 Å². The van der Waals surface area contributed by atoms with Crippen LogP contribution in [0.2, 0.25) is 0 Å². The summed E-state index contributed by atoms with van der Waals surface area (Å²) in [5.74, 6) is 1.15. The summed E-state index contributed by atoms with van der Waals surface area (Å²) in [6.07, 6.45) is 14.8. The first-order valence-electron chi connectivity index (χ1n) is 32.2. The summed E-state index contributed by atoms with van der Waals surface area (Å²) < 4.78 is 6.72. The molecular weight excluding hydrogens is 1090 g/mol. The Morgan fingerprint density at radius 1 is 0.367 bits per heavy atom. The van der Waals surface area contributed by atoms with Crippen LogP contribution >= 0.6 is 0 Å². The molecule has 12 aromatic rings. The number of fused-ring (bicyclic) bond motifs is 3. The monoisotopic (exact) mass is 1190 g/mol. The van der Waals surface area contributed by atoms with Gasteiger partial charge in [0.15, 0.2) is 18.6 Å². The fraction of sp³-hybridized carbons (Fsp3) is 0.286. The van der Waals surface area contributed by atoms with E-state index >= 15 is 0 Å². The van der Waals surface area contributed by atoms with E-state index in [1.165, 1.54) is 133 Å². The molecule has 0 bridgehead atoms. The molecule has 0 spiro atoms. The second-order valence-electron chi connectivity index (χ2n) is 27.7. The van der Waals surface area contributed by atoms with Gasteiger partial charge in [0.25, 0.3) is 0 Å². The molecular formula is C84H93N6+3. The number of aromatic nitrogens is 6. The van der Waals surface area contributed by atoms with E-state index in [0.717, 1.165) is 46.6 Å². The lowest BCUT2D eigenvalue weighted by Crippen LogP contribution is -2.30. The van der Waals surface area contributed by atoms with Crippen molar-refractivity contribution in [1.29, 1.82) is 0 Å². The lowest BCUT2D eigenvalue weighted by atomic mass is 9.89. The van der Waals surface area contributed by atoms with Gasteiger partial charge in [0.1, 0.15) is 21.1 Å². The topological polar surface area (TPSA) is 50.3 Å². The van der Waals surface area contributed by atoms with E-state index < -0.39 is 0 Å². The second kappa shape index (κ2) is 26.6. The molecule has 0 aliphatic carbocycles. The third kappa shape index (κ3) is 14.7. The zero-order chi connectivity index (χ0) is 64.5. The van der Waals surface area contributed by atoms with Gasteiger partial charge in [0.05, 0.1) is 17.1 Å². The molecule has 0 aliphatic rings. The Morgan fingerprint density at radius 2 is 0.711 bits per heavy atom. The van der Waals surface area contributed by atoms with Crippen molar-refractivity contribution in [3.63, 3.8) is 0 Å². The highest BCUT2D eigenvalue weighted by atomic mass is 14.9. The highest BCUT2D eigenvalue weighted by Crippen LogP contribution is 2.34. The summed E-state index contributed by atoms with van der Waals surface area (Å²) in [6.45, 7) is 35.4. The van der Waals surface area contributed by atoms with Gasteiger partial charge in [-0.05, 0) is 213 Å². The molecule has 0 saturated carbocycles. The molecule has 0 atom stereocenters. The Labute approximate surface area is 537 Å². The van der Waals surface area contributed by atoms with E-state index in [1.807, 2.05) is 18.6 Å². The predicted molar refractivity (Wildman–Crippen MR) is 380 cm³/mol. The SMILES string of the molecule is Cc1cc(C)c(C)c(-c2cc3ccc(-c4ccc(C(C)C)cn4)cc3c[n+]2C)c1.Cc1cc(C)c(C)c(-c2cc3ccc(-c4ccc(CC(C)(C)C)cn4)cc3c[n+]2C)c1.Cc1cc(C)c(C)c(-c2cc3ccc(-c4ccc(CC(C)C)cn4)cc3c[n+]2C)c1. The van der Waals surface area contributed by atoms with Gasteiger partial charge in [-0.1, -0.05) is 138 Å². The molecule has 6 nitrogen and oxygen atoms in total. The highest BCUT2D eigenvalue weighted by molar-refractivity contribution is 5.90. The lowest BCUT2D eigenvalue weighted by molar-refractivity contribution is -0.659. The smallest absolute Gasteiger partial charge is 0.213 e. The summed E-state index contributed by atoms with van der Waals surface area (Å²) in [5.41, 5.74) is 30.3. The maximum atomic E-state index is 4.75. The second-order valence-corrected chi connectivity index (χ2v) is 27.7. The maximum absolute atomic E-state index is 4.75. The summed E-state index contributed by atoms with van der Waals surface area (Å²) in [5, 5.41) is 7.44. The Bertz CT molecular complexity index is 4620. The quantitative estimate of drug-likeness (QED) is 0.128. The van der Waals surface area contributed by atoms with Crippen molar-refractivity contribution < 1.29 is 13.7 Å². The molecule has 456 valence electrons. The van der Waals surface area contributed by atoms with Crippen molar-refractivity contribution in [3.05, 3.63) is 250 Å². The number of hydrogen-bond donors (Lipinski definition) is 0. The summed E-state index contributed by atoms with van der Waals surface area (Å²) >= 11 is 0. The van der Waals surface area contributed by atoms with E-state index in [2.05, 4.69) is 315 Å². The van der Waals surface area contributed by atoms with E-state index in [0.29, 0.717) is 11.8 Å². The fourth-order valence-electron chi connectivity index (χ4n) is 12.7. The van der Waals surface area contributed by atoms with Gasteiger partial charge in [-0.3, -0.25) is 15.0 Å². The molecule has 12 rings (SSSR count). The van der Waals surface area contributed by atoms with Crippen LogP contribution in [-0.2, 0) is 34.0 Å². The molecule has 6 heterocycles. The Kier molecular flexibility index (Phi) is 18.9. The van der Waals surface area contributed by atoms with Crippen molar-refractivity contribution >= 4 is 32.3 Å². The minimum Gasteiger partial charge on any atom is -0.256 e. The molecule has 0 fully saturated rings. The first-order valence-corrected chi connectivity index (χ1v) is 32.2. The molecule has 6 aromatic carbocycles. The van der Waals surface area contributed by atoms with Gasteiger partial charge in [0.2, 0.25) is 17.1 Å². The third-order valence-electron chi connectivity index (χ3n) is 17.9. The van der Waals surface area contributed by atoms with Crippen molar-refractivity contribution in [2.45, 2.75) is 130 Å². The van der Waals surface area contributed by atoms with E-state index in [9.17, 15) is 0 Å². The van der Waals surface area contributed by atoms with Crippen LogP contribution in [0.3, 0.4) is 0 Å². The van der Waals surface area contributed by atoms with Crippen LogP contribution in [-0.4, -0.2) is 15.0 Å². The van der Waals surface area contributed by atoms with E-state index in [-0.39, 0.29) is 5.41 Å². The lowest BCUT2D eigenvalue weighted by Gasteiger charge is -2.17. The number of benzene rings is 6. The van der Waals surface area contributed by atoms with Crippen LogP contribution in [0.25, 0.3) is 99.9 Å². The average molecular weight is 1190 g/mol.